The summed E-state index contributed by atoms with van der Waals surface area (Å²) in [6.45, 7) is 5.91. The zero-order valence-corrected chi connectivity index (χ0v) is 12.1. The van der Waals surface area contributed by atoms with E-state index in [1.54, 1.807) is 0 Å². The highest BCUT2D eigenvalue weighted by atomic mass is 16.5. The van der Waals surface area contributed by atoms with Crippen LogP contribution in [0, 0.1) is 5.92 Å². The van der Waals surface area contributed by atoms with E-state index in [2.05, 4.69) is 42.2 Å². The van der Waals surface area contributed by atoms with Gasteiger partial charge in [0, 0.05) is 25.1 Å². The average Bonchev–Trinajstić information content (AvgIpc) is 2.53. The molecule has 0 aliphatic carbocycles. The lowest BCUT2D eigenvalue weighted by molar-refractivity contribution is 0.104. The molecule has 1 saturated heterocycles. The minimum atomic E-state index is 0.636. The fraction of sp³-hybridized carbons (Fsp3) is 0.471. The van der Waals surface area contributed by atoms with Crippen molar-refractivity contribution in [1.29, 1.82) is 0 Å². The summed E-state index contributed by atoms with van der Waals surface area (Å²) in [6, 6.07) is 12.6. The molecule has 3 rings (SSSR count). The zero-order valence-electron chi connectivity index (χ0n) is 12.1. The van der Waals surface area contributed by atoms with Crippen LogP contribution in [0.25, 0.3) is 10.9 Å². The molecule has 106 valence electrons. The number of pyridine rings is 1. The van der Waals surface area contributed by atoms with Crippen molar-refractivity contribution in [2.75, 3.05) is 31.2 Å². The van der Waals surface area contributed by atoms with Crippen molar-refractivity contribution in [1.82, 2.24) is 4.98 Å². The van der Waals surface area contributed by atoms with E-state index in [1.807, 2.05) is 6.07 Å². The molecule has 0 saturated carbocycles. The monoisotopic (exact) mass is 270 g/mol. The molecule has 1 fully saturated rings. The Labute approximate surface area is 120 Å². The summed E-state index contributed by atoms with van der Waals surface area (Å²) >= 11 is 0. The first-order valence-corrected chi connectivity index (χ1v) is 7.55. The molecule has 1 aromatic heterocycles. The van der Waals surface area contributed by atoms with E-state index in [0.717, 1.165) is 37.6 Å². The summed E-state index contributed by atoms with van der Waals surface area (Å²) in [7, 11) is 0. The molecule has 0 bridgehead atoms. The van der Waals surface area contributed by atoms with Gasteiger partial charge in [0.1, 0.15) is 5.82 Å². The zero-order chi connectivity index (χ0) is 13.8. The van der Waals surface area contributed by atoms with Gasteiger partial charge in [-0.05, 0) is 43.9 Å². The Balaban J connectivity index is 1.76. The Morgan fingerprint density at radius 2 is 2.15 bits per heavy atom. The number of fused-ring (bicyclic) bond motifs is 1. The van der Waals surface area contributed by atoms with E-state index in [-0.39, 0.29) is 0 Å². The highest BCUT2D eigenvalue weighted by Gasteiger charge is 2.21. The molecule has 0 radical (unpaired) electrons. The van der Waals surface area contributed by atoms with Gasteiger partial charge in [0.15, 0.2) is 0 Å². The Morgan fingerprint density at radius 1 is 1.25 bits per heavy atom. The number of para-hydroxylation sites is 1. The third kappa shape index (κ3) is 2.93. The summed E-state index contributed by atoms with van der Waals surface area (Å²) in [6.07, 6.45) is 2.50. The third-order valence-corrected chi connectivity index (χ3v) is 3.98. The van der Waals surface area contributed by atoms with Gasteiger partial charge in [-0.25, -0.2) is 4.98 Å². The van der Waals surface area contributed by atoms with Gasteiger partial charge in [0.05, 0.1) is 12.1 Å². The van der Waals surface area contributed by atoms with Crippen LogP contribution in [0.3, 0.4) is 0 Å². The van der Waals surface area contributed by atoms with Gasteiger partial charge in [-0.15, -0.1) is 0 Å². The van der Waals surface area contributed by atoms with Crippen LogP contribution in [0.4, 0.5) is 5.82 Å². The van der Waals surface area contributed by atoms with Gasteiger partial charge in [-0.3, -0.25) is 0 Å². The smallest absolute Gasteiger partial charge is 0.129 e. The van der Waals surface area contributed by atoms with Crippen LogP contribution < -0.4 is 4.90 Å². The predicted octanol–water partition coefficient (Wildman–Crippen LogP) is 3.49. The van der Waals surface area contributed by atoms with E-state index in [4.69, 9.17) is 9.72 Å². The van der Waals surface area contributed by atoms with Gasteiger partial charge >= 0.3 is 0 Å². The van der Waals surface area contributed by atoms with Crippen molar-refractivity contribution in [2.45, 2.75) is 19.8 Å². The van der Waals surface area contributed by atoms with Crippen LogP contribution in [0.1, 0.15) is 19.8 Å². The van der Waals surface area contributed by atoms with Crippen molar-refractivity contribution >= 4 is 16.7 Å². The fourth-order valence-corrected chi connectivity index (χ4v) is 2.93. The second kappa shape index (κ2) is 6.23. The van der Waals surface area contributed by atoms with Gasteiger partial charge in [-0.1, -0.05) is 18.2 Å². The van der Waals surface area contributed by atoms with Gasteiger partial charge in [0.2, 0.25) is 0 Å². The SMILES string of the molecule is CCOCC1CCCN(c2ccc3ccccc3n2)C1. The Morgan fingerprint density at radius 3 is 3.05 bits per heavy atom. The van der Waals surface area contributed by atoms with Crippen molar-refractivity contribution in [3.05, 3.63) is 36.4 Å². The van der Waals surface area contributed by atoms with Gasteiger partial charge < -0.3 is 9.64 Å². The summed E-state index contributed by atoms with van der Waals surface area (Å²) in [5.41, 5.74) is 1.08. The first-order valence-electron chi connectivity index (χ1n) is 7.55. The van der Waals surface area contributed by atoms with Crippen molar-refractivity contribution < 1.29 is 4.74 Å². The molecule has 0 spiro atoms. The van der Waals surface area contributed by atoms with Crippen LogP contribution in [0.15, 0.2) is 36.4 Å². The molecule has 1 aliphatic rings. The first kappa shape index (κ1) is 13.4. The van der Waals surface area contributed by atoms with E-state index in [1.165, 1.54) is 18.2 Å². The molecule has 2 heterocycles. The predicted molar refractivity (Wildman–Crippen MR) is 83.2 cm³/mol. The molecule has 3 heteroatoms. The van der Waals surface area contributed by atoms with Crippen molar-refractivity contribution in [3.8, 4) is 0 Å². The van der Waals surface area contributed by atoms with Crippen molar-refractivity contribution in [3.63, 3.8) is 0 Å². The average molecular weight is 270 g/mol. The molecule has 0 amide bonds. The van der Waals surface area contributed by atoms with Gasteiger partial charge in [0.25, 0.3) is 0 Å². The number of piperidine rings is 1. The Bertz CT molecular complexity index is 570. The number of anilines is 1. The summed E-state index contributed by atoms with van der Waals surface area (Å²) in [5.74, 6) is 1.74. The van der Waals surface area contributed by atoms with E-state index in [0.29, 0.717) is 5.92 Å². The van der Waals surface area contributed by atoms with Crippen LogP contribution in [0.5, 0.6) is 0 Å². The van der Waals surface area contributed by atoms with E-state index in [9.17, 15) is 0 Å². The molecule has 1 aliphatic heterocycles. The maximum Gasteiger partial charge on any atom is 0.129 e. The molecular formula is C17H22N2O. The number of rotatable bonds is 4. The van der Waals surface area contributed by atoms with Crippen molar-refractivity contribution in [2.24, 2.45) is 5.92 Å². The maximum atomic E-state index is 5.58. The quantitative estimate of drug-likeness (QED) is 0.850. The van der Waals surface area contributed by atoms with Crippen LogP contribution in [0.2, 0.25) is 0 Å². The molecule has 1 unspecified atom stereocenters. The number of hydrogen-bond acceptors (Lipinski definition) is 3. The molecule has 0 N–H and O–H groups in total. The Hall–Kier alpha value is -1.61. The lowest BCUT2D eigenvalue weighted by atomic mass is 9.99. The molecule has 1 aromatic carbocycles. The lowest BCUT2D eigenvalue weighted by Gasteiger charge is -2.33. The fourth-order valence-electron chi connectivity index (χ4n) is 2.93. The number of aromatic nitrogens is 1. The van der Waals surface area contributed by atoms with E-state index >= 15 is 0 Å². The topological polar surface area (TPSA) is 25.4 Å². The highest BCUT2D eigenvalue weighted by molar-refractivity contribution is 5.80. The minimum Gasteiger partial charge on any atom is -0.381 e. The normalized spacial score (nSPS) is 19.4. The Kier molecular flexibility index (Phi) is 4.16. The first-order chi connectivity index (χ1) is 9.86. The molecule has 20 heavy (non-hydrogen) atoms. The number of benzene rings is 1. The van der Waals surface area contributed by atoms with E-state index < -0.39 is 0 Å². The van der Waals surface area contributed by atoms with Crippen LogP contribution in [-0.2, 0) is 4.74 Å². The molecule has 2 aromatic rings. The maximum absolute atomic E-state index is 5.58. The molecular weight excluding hydrogens is 248 g/mol. The highest BCUT2D eigenvalue weighted by Crippen LogP contribution is 2.24. The number of hydrogen-bond donors (Lipinski definition) is 0. The summed E-state index contributed by atoms with van der Waals surface area (Å²) in [5, 5.41) is 1.21. The summed E-state index contributed by atoms with van der Waals surface area (Å²) in [4.78, 5) is 7.20. The largest absolute Gasteiger partial charge is 0.381 e. The lowest BCUT2D eigenvalue weighted by Crippen LogP contribution is -2.37. The second-order valence-electron chi connectivity index (χ2n) is 5.48. The minimum absolute atomic E-state index is 0.636. The summed E-state index contributed by atoms with van der Waals surface area (Å²) < 4.78 is 5.58. The second-order valence-corrected chi connectivity index (χ2v) is 5.48. The third-order valence-electron chi connectivity index (χ3n) is 3.98. The molecule has 1 atom stereocenters. The van der Waals surface area contributed by atoms with Crippen LogP contribution in [-0.4, -0.2) is 31.3 Å². The standard InChI is InChI=1S/C17H22N2O/c1-2-20-13-14-6-5-11-19(12-14)17-10-9-15-7-3-4-8-16(15)18-17/h3-4,7-10,14H,2,5-6,11-13H2,1H3. The molecule has 3 nitrogen and oxygen atoms in total. The van der Waals surface area contributed by atoms with Crippen LogP contribution >= 0.6 is 0 Å². The number of ether oxygens (including phenoxy) is 1. The van der Waals surface area contributed by atoms with Gasteiger partial charge in [-0.2, -0.15) is 0 Å². The number of nitrogens with zero attached hydrogens (tertiary/aromatic N) is 2.